The van der Waals surface area contributed by atoms with Gasteiger partial charge in [0.1, 0.15) is 0 Å². The molecule has 0 N–H and O–H groups in total. The van der Waals surface area contributed by atoms with Gasteiger partial charge >= 0.3 is 0 Å². The normalized spacial score (nSPS) is 11.7. The smallest absolute Gasteiger partial charge is 0.0467 e. The Balaban J connectivity index is 0.964. The Kier molecular flexibility index (Phi) is 7.61. The van der Waals surface area contributed by atoms with Crippen molar-refractivity contribution in [1.29, 1.82) is 0 Å². The van der Waals surface area contributed by atoms with E-state index in [0.717, 1.165) is 17.1 Å². The van der Waals surface area contributed by atoms with Crippen LogP contribution in [0, 0.1) is 0 Å². The lowest BCUT2D eigenvalue weighted by molar-refractivity contribution is 1.28. The van der Waals surface area contributed by atoms with Crippen LogP contribution in [0.4, 0.5) is 17.1 Å². The van der Waals surface area contributed by atoms with Crippen molar-refractivity contribution in [3.63, 3.8) is 0 Å². The Hall–Kier alpha value is -7.74. The van der Waals surface area contributed by atoms with Gasteiger partial charge in [-0.3, -0.25) is 0 Å². The summed E-state index contributed by atoms with van der Waals surface area (Å²) in [6.45, 7) is 0. The van der Waals surface area contributed by atoms with E-state index in [0.29, 0.717) is 0 Å². The Morgan fingerprint density at radius 2 is 0.746 bits per heavy atom. The highest BCUT2D eigenvalue weighted by atomic mass is 15.1. The third kappa shape index (κ3) is 5.55. The summed E-state index contributed by atoms with van der Waals surface area (Å²) >= 11 is 0. The molecule has 59 heavy (non-hydrogen) atoms. The molecule has 0 saturated heterocycles. The van der Waals surface area contributed by atoms with Crippen molar-refractivity contribution in [3.05, 3.63) is 224 Å². The van der Waals surface area contributed by atoms with Crippen LogP contribution in [-0.4, -0.2) is 0 Å². The molecule has 0 aromatic heterocycles. The van der Waals surface area contributed by atoms with Gasteiger partial charge in [-0.15, -0.1) is 0 Å². The van der Waals surface area contributed by atoms with E-state index in [1.165, 1.54) is 98.7 Å². The number of rotatable bonds is 6. The average Bonchev–Trinajstić information content (AvgIpc) is 3.63. The fourth-order valence-electron chi connectivity index (χ4n) is 9.52. The van der Waals surface area contributed by atoms with Crippen LogP contribution in [0.25, 0.3) is 98.7 Å². The largest absolute Gasteiger partial charge is 0.310 e. The third-order valence-corrected chi connectivity index (χ3v) is 12.4. The van der Waals surface area contributed by atoms with E-state index in [1.807, 2.05) is 0 Å². The molecule has 1 heteroatoms. The summed E-state index contributed by atoms with van der Waals surface area (Å²) < 4.78 is 0. The monoisotopic (exact) mass is 747 g/mol. The van der Waals surface area contributed by atoms with E-state index in [2.05, 4.69) is 229 Å². The third-order valence-electron chi connectivity index (χ3n) is 12.4. The number of benzene rings is 11. The molecule has 0 radical (unpaired) electrons. The van der Waals surface area contributed by atoms with Crippen LogP contribution in [-0.2, 0) is 0 Å². The first-order valence-electron chi connectivity index (χ1n) is 20.4. The minimum absolute atomic E-state index is 1.10. The quantitative estimate of drug-likeness (QED) is 0.153. The molecule has 1 aliphatic rings. The SMILES string of the molecule is c1cc(-c2cc3c4c(cccc4c2)-c2ccccc2-3)cc(N(c2ccc(-c3ccc4c(ccc5ccccc54)c3)cc2)c2ccc(-c3cccc4ccccc34)cc2)c1. The summed E-state index contributed by atoms with van der Waals surface area (Å²) in [5.41, 5.74) is 15.8. The zero-order chi connectivity index (χ0) is 38.9. The maximum Gasteiger partial charge on any atom is 0.0467 e. The van der Waals surface area contributed by atoms with Crippen LogP contribution in [0.15, 0.2) is 224 Å². The summed E-state index contributed by atoms with van der Waals surface area (Å²) in [6, 6.07) is 82.6. The Labute approximate surface area is 343 Å². The van der Waals surface area contributed by atoms with Crippen LogP contribution >= 0.6 is 0 Å². The van der Waals surface area contributed by atoms with Gasteiger partial charge in [0, 0.05) is 17.1 Å². The second-order valence-electron chi connectivity index (χ2n) is 15.7. The molecule has 0 amide bonds. The maximum atomic E-state index is 2.39. The average molecular weight is 748 g/mol. The van der Waals surface area contributed by atoms with Gasteiger partial charge in [-0.2, -0.15) is 0 Å². The summed E-state index contributed by atoms with van der Waals surface area (Å²) in [4.78, 5) is 2.39. The summed E-state index contributed by atoms with van der Waals surface area (Å²) in [5.74, 6) is 0. The Morgan fingerprint density at radius 1 is 0.220 bits per heavy atom. The van der Waals surface area contributed by atoms with Gasteiger partial charge in [-0.05, 0) is 153 Å². The number of nitrogens with zero attached hydrogens (tertiary/aromatic N) is 1. The molecule has 0 fully saturated rings. The Bertz CT molecular complexity index is 3420. The predicted molar refractivity (Wildman–Crippen MR) is 252 cm³/mol. The Morgan fingerprint density at radius 3 is 1.54 bits per heavy atom. The van der Waals surface area contributed by atoms with Gasteiger partial charge in [0.05, 0.1) is 0 Å². The fraction of sp³-hybridized carbons (Fsp3) is 0. The molecule has 0 saturated carbocycles. The van der Waals surface area contributed by atoms with Crippen molar-refractivity contribution in [2.24, 2.45) is 0 Å². The molecular formula is C58H37N. The van der Waals surface area contributed by atoms with Crippen molar-refractivity contribution < 1.29 is 0 Å². The van der Waals surface area contributed by atoms with Crippen LogP contribution in [0.2, 0.25) is 0 Å². The molecule has 274 valence electrons. The molecule has 1 aliphatic carbocycles. The summed E-state index contributed by atoms with van der Waals surface area (Å²) in [5, 5.41) is 10.2. The van der Waals surface area contributed by atoms with Crippen molar-refractivity contribution in [2.75, 3.05) is 4.90 Å². The standard InChI is InChI=1S/C58H37N/c1-3-16-50-39(10-1)12-8-20-52(50)41-26-31-48(32-27-41)59(47-29-24-38(25-30-47)43-28-33-53-44(34-43)23-22-40-11-2-4-17-51(40)53)49-15-7-13-42(36-49)46-35-45-14-9-21-56-54-18-5-6-19-55(54)57(37-46)58(45)56/h1-37H. The number of anilines is 3. The highest BCUT2D eigenvalue weighted by molar-refractivity contribution is 6.16. The van der Waals surface area contributed by atoms with Gasteiger partial charge < -0.3 is 4.90 Å². The topological polar surface area (TPSA) is 3.24 Å². The van der Waals surface area contributed by atoms with Gasteiger partial charge in [-0.25, -0.2) is 0 Å². The highest BCUT2D eigenvalue weighted by Gasteiger charge is 2.22. The number of fused-ring (bicyclic) bond motifs is 7. The van der Waals surface area contributed by atoms with E-state index in [9.17, 15) is 0 Å². The first-order valence-corrected chi connectivity index (χ1v) is 20.4. The molecule has 11 aromatic carbocycles. The molecule has 1 nitrogen and oxygen atoms in total. The minimum Gasteiger partial charge on any atom is -0.310 e. The number of hydrogen-bond donors (Lipinski definition) is 0. The van der Waals surface area contributed by atoms with Crippen LogP contribution in [0.5, 0.6) is 0 Å². The second-order valence-corrected chi connectivity index (χ2v) is 15.7. The predicted octanol–water partition coefficient (Wildman–Crippen LogP) is 16.4. The van der Waals surface area contributed by atoms with E-state index < -0.39 is 0 Å². The molecule has 11 aromatic rings. The zero-order valence-corrected chi connectivity index (χ0v) is 32.3. The maximum absolute atomic E-state index is 2.39. The van der Waals surface area contributed by atoms with Crippen molar-refractivity contribution in [3.8, 4) is 55.6 Å². The van der Waals surface area contributed by atoms with Gasteiger partial charge in [-0.1, -0.05) is 170 Å². The van der Waals surface area contributed by atoms with E-state index in [-0.39, 0.29) is 0 Å². The van der Waals surface area contributed by atoms with Crippen LogP contribution in [0.1, 0.15) is 0 Å². The lowest BCUT2D eigenvalue weighted by atomic mass is 9.95. The van der Waals surface area contributed by atoms with Crippen LogP contribution < -0.4 is 4.90 Å². The van der Waals surface area contributed by atoms with E-state index in [1.54, 1.807) is 0 Å². The van der Waals surface area contributed by atoms with Gasteiger partial charge in [0.25, 0.3) is 0 Å². The second kappa shape index (κ2) is 13.4. The van der Waals surface area contributed by atoms with Gasteiger partial charge in [0.15, 0.2) is 0 Å². The van der Waals surface area contributed by atoms with Crippen molar-refractivity contribution in [1.82, 2.24) is 0 Å². The minimum atomic E-state index is 1.10. The van der Waals surface area contributed by atoms with E-state index in [4.69, 9.17) is 0 Å². The zero-order valence-electron chi connectivity index (χ0n) is 32.3. The fourth-order valence-corrected chi connectivity index (χ4v) is 9.52. The molecule has 0 bridgehead atoms. The molecule has 0 heterocycles. The first kappa shape index (κ1) is 33.4. The highest BCUT2D eigenvalue weighted by Crippen LogP contribution is 2.49. The van der Waals surface area contributed by atoms with Gasteiger partial charge in [0.2, 0.25) is 0 Å². The van der Waals surface area contributed by atoms with Crippen LogP contribution in [0.3, 0.4) is 0 Å². The molecule has 0 atom stereocenters. The lowest BCUT2D eigenvalue weighted by Gasteiger charge is -2.26. The lowest BCUT2D eigenvalue weighted by Crippen LogP contribution is -2.10. The first-order chi connectivity index (χ1) is 29.2. The molecular weight excluding hydrogens is 711 g/mol. The van der Waals surface area contributed by atoms with Crippen molar-refractivity contribution in [2.45, 2.75) is 0 Å². The van der Waals surface area contributed by atoms with E-state index >= 15 is 0 Å². The molecule has 0 spiro atoms. The summed E-state index contributed by atoms with van der Waals surface area (Å²) in [6.07, 6.45) is 0. The van der Waals surface area contributed by atoms with Crippen molar-refractivity contribution >= 4 is 60.2 Å². The molecule has 0 unspecified atom stereocenters. The molecule has 0 aliphatic heterocycles. The number of hydrogen-bond acceptors (Lipinski definition) is 1. The summed E-state index contributed by atoms with van der Waals surface area (Å²) in [7, 11) is 0. The molecule has 12 rings (SSSR count).